The van der Waals surface area contributed by atoms with Gasteiger partial charge in [0.1, 0.15) is 10.3 Å². The Morgan fingerprint density at radius 3 is 2.18 bits per heavy atom. The molecule has 7 heteroatoms. The minimum atomic E-state index is 0.00617. The molecule has 0 fully saturated rings. The van der Waals surface area contributed by atoms with Gasteiger partial charge in [-0.3, -0.25) is 0 Å². The lowest BCUT2D eigenvalue weighted by molar-refractivity contribution is 0.442. The normalized spacial score (nSPS) is 10.4. The molecule has 0 aliphatic rings. The molecule has 3 nitrogen and oxygen atoms in total. The van der Waals surface area contributed by atoms with E-state index in [4.69, 9.17) is 51.1 Å². The highest BCUT2D eigenvalue weighted by atomic mass is 35.5. The van der Waals surface area contributed by atoms with Gasteiger partial charge in [0.25, 0.3) is 0 Å². The first-order valence-corrected chi connectivity index (χ1v) is 5.89. The Morgan fingerprint density at radius 2 is 1.53 bits per heavy atom. The second-order valence-electron chi connectivity index (χ2n) is 2.97. The lowest BCUT2D eigenvalue weighted by Gasteiger charge is -2.06. The third-order valence-electron chi connectivity index (χ3n) is 1.74. The molecule has 0 spiro atoms. The zero-order valence-electron chi connectivity index (χ0n) is 8.12. The fourth-order valence-corrected chi connectivity index (χ4v) is 1.80. The number of hydrogen-bond donors (Lipinski definition) is 0. The minimum absolute atomic E-state index is 0.00617. The number of rotatable bonds is 2. The third-order valence-corrected chi connectivity index (χ3v) is 2.67. The van der Waals surface area contributed by atoms with Crippen LogP contribution >= 0.6 is 46.4 Å². The zero-order valence-corrected chi connectivity index (χ0v) is 11.1. The van der Waals surface area contributed by atoms with E-state index in [1.165, 1.54) is 6.07 Å². The zero-order chi connectivity index (χ0) is 12.4. The van der Waals surface area contributed by atoms with Gasteiger partial charge in [0.2, 0.25) is 0 Å². The number of halogens is 4. The third kappa shape index (κ3) is 3.36. The molecule has 2 aromatic rings. The van der Waals surface area contributed by atoms with E-state index < -0.39 is 0 Å². The van der Waals surface area contributed by atoms with Gasteiger partial charge in [-0.05, 0) is 12.1 Å². The van der Waals surface area contributed by atoms with Crippen molar-refractivity contribution in [3.63, 3.8) is 0 Å². The summed E-state index contributed by atoms with van der Waals surface area (Å²) in [5.74, 6) is 0.331. The van der Waals surface area contributed by atoms with Crippen LogP contribution in [0.1, 0.15) is 0 Å². The number of benzene rings is 1. The van der Waals surface area contributed by atoms with Crippen LogP contribution in [-0.4, -0.2) is 9.97 Å². The van der Waals surface area contributed by atoms with Gasteiger partial charge in [-0.25, -0.2) is 0 Å². The van der Waals surface area contributed by atoms with Gasteiger partial charge in [0.15, 0.2) is 5.75 Å². The van der Waals surface area contributed by atoms with Crippen molar-refractivity contribution in [1.29, 1.82) is 0 Å². The van der Waals surface area contributed by atoms with Crippen LogP contribution in [0.15, 0.2) is 24.3 Å². The van der Waals surface area contributed by atoms with Gasteiger partial charge in [-0.2, -0.15) is 9.97 Å². The minimum Gasteiger partial charge on any atom is -0.423 e. The van der Waals surface area contributed by atoms with Crippen LogP contribution in [0.5, 0.6) is 11.8 Å². The molecule has 1 aromatic carbocycles. The summed E-state index contributed by atoms with van der Waals surface area (Å²) < 4.78 is 5.34. The standard InChI is InChI=1S/C10H4Cl4N2O/c11-5-1-2-6(12)7(3-5)17-10-15-8(13)4-9(14)16-10/h1-4H. The molecule has 1 aromatic heterocycles. The lowest BCUT2D eigenvalue weighted by atomic mass is 10.3. The van der Waals surface area contributed by atoms with E-state index in [9.17, 15) is 0 Å². The Bertz CT molecular complexity index is 542. The smallest absolute Gasteiger partial charge is 0.324 e. The molecule has 0 aliphatic heterocycles. The van der Waals surface area contributed by atoms with Gasteiger partial charge >= 0.3 is 6.01 Å². The van der Waals surface area contributed by atoms with Crippen molar-refractivity contribution in [1.82, 2.24) is 9.97 Å². The first kappa shape index (κ1) is 12.7. The van der Waals surface area contributed by atoms with Crippen molar-refractivity contribution in [2.75, 3.05) is 0 Å². The van der Waals surface area contributed by atoms with E-state index in [0.717, 1.165) is 0 Å². The van der Waals surface area contributed by atoms with Crippen molar-refractivity contribution < 1.29 is 4.74 Å². The molecule has 1 heterocycles. The second kappa shape index (κ2) is 5.27. The highest BCUT2D eigenvalue weighted by Gasteiger charge is 2.08. The number of aromatic nitrogens is 2. The molecule has 0 saturated carbocycles. The van der Waals surface area contributed by atoms with Crippen molar-refractivity contribution in [3.8, 4) is 11.8 Å². The predicted octanol–water partition coefficient (Wildman–Crippen LogP) is 4.88. The monoisotopic (exact) mass is 308 g/mol. The fraction of sp³-hybridized carbons (Fsp3) is 0. The molecule has 0 radical (unpaired) electrons. The molecule has 0 atom stereocenters. The summed E-state index contributed by atoms with van der Waals surface area (Å²) in [5, 5.41) is 1.22. The van der Waals surface area contributed by atoms with Crippen molar-refractivity contribution in [2.24, 2.45) is 0 Å². The van der Waals surface area contributed by atoms with E-state index in [2.05, 4.69) is 9.97 Å². The summed E-state index contributed by atoms with van der Waals surface area (Å²) in [6, 6.07) is 6.19. The average Bonchev–Trinajstić information content (AvgIpc) is 2.22. The van der Waals surface area contributed by atoms with E-state index >= 15 is 0 Å². The molecule has 0 saturated heterocycles. The molecule has 0 amide bonds. The van der Waals surface area contributed by atoms with E-state index in [0.29, 0.717) is 15.8 Å². The van der Waals surface area contributed by atoms with Gasteiger partial charge < -0.3 is 4.74 Å². The largest absolute Gasteiger partial charge is 0.423 e. The molecule has 2 rings (SSSR count). The van der Waals surface area contributed by atoms with Crippen molar-refractivity contribution in [3.05, 3.63) is 44.6 Å². The molecule has 0 N–H and O–H groups in total. The number of nitrogens with zero attached hydrogens (tertiary/aromatic N) is 2. The maximum atomic E-state index is 5.92. The summed E-state index contributed by atoms with van der Waals surface area (Å²) in [6.07, 6.45) is 0. The highest BCUT2D eigenvalue weighted by Crippen LogP contribution is 2.31. The average molecular weight is 310 g/mol. The van der Waals surface area contributed by atoms with E-state index in [1.54, 1.807) is 18.2 Å². The highest BCUT2D eigenvalue weighted by molar-refractivity contribution is 6.34. The predicted molar refractivity (Wildman–Crippen MR) is 68.6 cm³/mol. The van der Waals surface area contributed by atoms with Crippen LogP contribution < -0.4 is 4.74 Å². The molecule has 0 unspecified atom stereocenters. The number of hydrogen-bond acceptors (Lipinski definition) is 3. The summed E-state index contributed by atoms with van der Waals surface area (Å²) in [7, 11) is 0. The quantitative estimate of drug-likeness (QED) is 0.741. The summed E-state index contributed by atoms with van der Waals surface area (Å²) in [5.41, 5.74) is 0. The Labute approximate surface area is 117 Å². The fourth-order valence-electron chi connectivity index (χ4n) is 1.07. The molecule has 0 bridgehead atoms. The van der Waals surface area contributed by atoms with Crippen LogP contribution in [0.4, 0.5) is 0 Å². The van der Waals surface area contributed by atoms with Crippen LogP contribution in [0.25, 0.3) is 0 Å². The second-order valence-corrected chi connectivity index (χ2v) is 4.59. The van der Waals surface area contributed by atoms with Gasteiger partial charge in [-0.15, -0.1) is 0 Å². The van der Waals surface area contributed by atoms with Crippen molar-refractivity contribution in [2.45, 2.75) is 0 Å². The van der Waals surface area contributed by atoms with Crippen LogP contribution in [0, 0.1) is 0 Å². The van der Waals surface area contributed by atoms with Crippen LogP contribution in [0.3, 0.4) is 0 Å². The Hall–Kier alpha value is -0.740. The van der Waals surface area contributed by atoms with Crippen LogP contribution in [0.2, 0.25) is 20.4 Å². The summed E-state index contributed by atoms with van der Waals surface area (Å²) >= 11 is 23.2. The van der Waals surface area contributed by atoms with Crippen molar-refractivity contribution >= 4 is 46.4 Å². The molecule has 0 aliphatic carbocycles. The van der Waals surface area contributed by atoms with E-state index in [1.807, 2.05) is 0 Å². The maximum absolute atomic E-state index is 5.92. The maximum Gasteiger partial charge on any atom is 0.324 e. The van der Waals surface area contributed by atoms with E-state index in [-0.39, 0.29) is 16.3 Å². The summed E-state index contributed by atoms with van der Waals surface area (Å²) in [6.45, 7) is 0. The lowest BCUT2D eigenvalue weighted by Crippen LogP contribution is -1.93. The Balaban J connectivity index is 2.34. The van der Waals surface area contributed by atoms with Gasteiger partial charge in [-0.1, -0.05) is 46.4 Å². The number of ether oxygens (including phenoxy) is 1. The molecule has 88 valence electrons. The van der Waals surface area contributed by atoms with Gasteiger partial charge in [0.05, 0.1) is 5.02 Å². The summed E-state index contributed by atoms with van der Waals surface area (Å²) in [4.78, 5) is 7.69. The molecular weight excluding hydrogens is 306 g/mol. The Kier molecular flexibility index (Phi) is 3.94. The Morgan fingerprint density at radius 1 is 0.882 bits per heavy atom. The SMILES string of the molecule is Clc1ccc(Cl)c(Oc2nc(Cl)cc(Cl)n2)c1. The molecular formula is C10H4Cl4N2O. The first-order chi connectivity index (χ1) is 8.04. The van der Waals surface area contributed by atoms with Crippen LogP contribution in [-0.2, 0) is 0 Å². The first-order valence-electron chi connectivity index (χ1n) is 4.37. The topological polar surface area (TPSA) is 35.0 Å². The van der Waals surface area contributed by atoms with Gasteiger partial charge in [0, 0.05) is 17.2 Å². The molecule has 17 heavy (non-hydrogen) atoms.